The maximum Gasteiger partial charge on any atom is 0.405 e. The van der Waals surface area contributed by atoms with Gasteiger partial charge in [0.2, 0.25) is 0 Å². The zero-order valence-corrected chi connectivity index (χ0v) is 7.23. The Balaban J connectivity index is 3.21. The summed E-state index contributed by atoms with van der Waals surface area (Å²) in [6, 6.07) is 9.22. The molecule has 1 aromatic carbocycles. The van der Waals surface area contributed by atoms with E-state index in [0.717, 1.165) is 0 Å². The predicted octanol–water partition coefficient (Wildman–Crippen LogP) is 1.88. The number of rotatable bonds is 2. The summed E-state index contributed by atoms with van der Waals surface area (Å²) in [5.74, 6) is 0. The van der Waals surface area contributed by atoms with Crippen LogP contribution >= 0.6 is 11.6 Å². The molecular formula is C8H5ClN2O2. The van der Waals surface area contributed by atoms with E-state index >= 15 is 0 Å². The number of alkyl halides is 1. The van der Waals surface area contributed by atoms with Gasteiger partial charge in [0.1, 0.15) is 0 Å². The molecule has 0 spiro atoms. The molecule has 0 aliphatic heterocycles. The normalized spacial score (nSPS) is 14.2. The molecule has 4 nitrogen and oxygen atoms in total. The van der Waals surface area contributed by atoms with Crippen LogP contribution in [0.1, 0.15) is 5.56 Å². The van der Waals surface area contributed by atoms with Gasteiger partial charge in [-0.2, -0.15) is 5.26 Å². The predicted molar refractivity (Wildman–Crippen MR) is 46.6 cm³/mol. The zero-order chi connectivity index (χ0) is 9.90. The van der Waals surface area contributed by atoms with Crippen LogP contribution in [0.15, 0.2) is 30.3 Å². The number of benzene rings is 1. The monoisotopic (exact) mass is 196 g/mol. The summed E-state index contributed by atoms with van der Waals surface area (Å²) in [6.45, 7) is 0. The number of hydrogen-bond donors (Lipinski definition) is 0. The highest BCUT2D eigenvalue weighted by Gasteiger charge is 2.42. The van der Waals surface area contributed by atoms with Crippen molar-refractivity contribution in [2.45, 2.75) is 5.00 Å². The summed E-state index contributed by atoms with van der Waals surface area (Å²) in [6.07, 6.45) is 0. The Morgan fingerprint density at radius 3 is 2.38 bits per heavy atom. The van der Waals surface area contributed by atoms with Gasteiger partial charge < -0.3 is 0 Å². The molecule has 66 valence electrons. The van der Waals surface area contributed by atoms with Crippen molar-refractivity contribution in [3.05, 3.63) is 46.0 Å². The third kappa shape index (κ3) is 1.60. The smallest absolute Gasteiger partial charge is 0.261 e. The Morgan fingerprint density at radius 1 is 1.46 bits per heavy atom. The molecule has 1 atom stereocenters. The first-order valence-electron chi connectivity index (χ1n) is 3.41. The molecule has 0 radical (unpaired) electrons. The van der Waals surface area contributed by atoms with Crippen LogP contribution in [0.4, 0.5) is 0 Å². The second-order valence-electron chi connectivity index (χ2n) is 2.36. The van der Waals surface area contributed by atoms with Gasteiger partial charge in [-0.3, -0.25) is 10.1 Å². The minimum atomic E-state index is -2.17. The van der Waals surface area contributed by atoms with E-state index in [9.17, 15) is 10.1 Å². The number of nitrogens with zero attached hydrogens (tertiary/aromatic N) is 2. The standard InChI is InChI=1S/C8H5ClN2O2/c9-8(6-10,11(12)13)7-4-2-1-3-5-7/h1-5H. The van der Waals surface area contributed by atoms with Crippen molar-refractivity contribution in [2.75, 3.05) is 0 Å². The average Bonchev–Trinajstić information content (AvgIpc) is 2.17. The van der Waals surface area contributed by atoms with Crippen LogP contribution in [0, 0.1) is 21.4 Å². The highest BCUT2D eigenvalue weighted by atomic mass is 35.5. The molecule has 0 amide bonds. The summed E-state index contributed by atoms with van der Waals surface area (Å²) in [7, 11) is 0. The minimum Gasteiger partial charge on any atom is -0.261 e. The van der Waals surface area contributed by atoms with Gasteiger partial charge in [0.25, 0.3) is 0 Å². The van der Waals surface area contributed by atoms with Crippen LogP contribution < -0.4 is 0 Å². The third-order valence-electron chi connectivity index (χ3n) is 1.56. The van der Waals surface area contributed by atoms with E-state index in [1.807, 2.05) is 0 Å². The van der Waals surface area contributed by atoms with Crippen LogP contribution in [-0.2, 0) is 5.00 Å². The van der Waals surface area contributed by atoms with E-state index in [4.69, 9.17) is 16.9 Å². The molecule has 5 heteroatoms. The van der Waals surface area contributed by atoms with Crippen molar-refractivity contribution in [1.82, 2.24) is 0 Å². The topological polar surface area (TPSA) is 66.9 Å². The zero-order valence-electron chi connectivity index (χ0n) is 6.48. The summed E-state index contributed by atoms with van der Waals surface area (Å²) in [5.41, 5.74) is 0.171. The Morgan fingerprint density at radius 2 is 2.00 bits per heavy atom. The fourth-order valence-electron chi connectivity index (χ4n) is 0.870. The van der Waals surface area contributed by atoms with E-state index in [1.54, 1.807) is 18.2 Å². The van der Waals surface area contributed by atoms with Crippen molar-refractivity contribution in [3.63, 3.8) is 0 Å². The quantitative estimate of drug-likeness (QED) is 0.314. The summed E-state index contributed by atoms with van der Waals surface area (Å²) < 4.78 is 0. The lowest BCUT2D eigenvalue weighted by Crippen LogP contribution is -2.26. The fourth-order valence-corrected chi connectivity index (χ4v) is 0.996. The number of nitro groups is 1. The molecule has 1 rings (SSSR count). The molecule has 0 N–H and O–H groups in total. The Labute approximate surface area is 79.5 Å². The molecule has 0 fully saturated rings. The first kappa shape index (κ1) is 9.49. The summed E-state index contributed by atoms with van der Waals surface area (Å²) >= 11 is 5.52. The maximum absolute atomic E-state index is 10.5. The van der Waals surface area contributed by atoms with Gasteiger partial charge in [-0.25, -0.2) is 0 Å². The Bertz CT molecular complexity index is 360. The molecular weight excluding hydrogens is 192 g/mol. The second kappa shape index (κ2) is 3.42. The Kier molecular flexibility index (Phi) is 2.49. The highest BCUT2D eigenvalue weighted by Crippen LogP contribution is 2.28. The lowest BCUT2D eigenvalue weighted by molar-refractivity contribution is -0.532. The van der Waals surface area contributed by atoms with Crippen LogP contribution in [0.3, 0.4) is 0 Å². The number of hydrogen-bond acceptors (Lipinski definition) is 3. The van der Waals surface area contributed by atoms with Gasteiger partial charge in [0, 0.05) is 0 Å². The fraction of sp³-hybridized carbons (Fsp3) is 0.125. The van der Waals surface area contributed by atoms with Crippen molar-refractivity contribution in [3.8, 4) is 6.07 Å². The van der Waals surface area contributed by atoms with Crippen molar-refractivity contribution >= 4 is 11.6 Å². The van der Waals surface area contributed by atoms with Gasteiger partial charge in [-0.1, -0.05) is 18.2 Å². The van der Waals surface area contributed by atoms with E-state index in [1.165, 1.54) is 18.2 Å². The third-order valence-corrected chi connectivity index (χ3v) is 2.00. The Hall–Kier alpha value is -1.60. The van der Waals surface area contributed by atoms with Crippen molar-refractivity contribution in [2.24, 2.45) is 0 Å². The largest absolute Gasteiger partial charge is 0.405 e. The van der Waals surface area contributed by atoms with Gasteiger partial charge in [0.05, 0.1) is 10.5 Å². The minimum absolute atomic E-state index is 0.171. The molecule has 13 heavy (non-hydrogen) atoms. The first-order chi connectivity index (χ1) is 6.11. The molecule has 0 bridgehead atoms. The van der Waals surface area contributed by atoms with E-state index in [2.05, 4.69) is 0 Å². The van der Waals surface area contributed by atoms with Crippen LogP contribution in [0.25, 0.3) is 0 Å². The van der Waals surface area contributed by atoms with Gasteiger partial charge >= 0.3 is 5.00 Å². The molecule has 0 heterocycles. The molecule has 0 saturated heterocycles. The number of nitriles is 1. The average molecular weight is 197 g/mol. The van der Waals surface area contributed by atoms with Gasteiger partial charge in [-0.05, 0) is 23.7 Å². The second-order valence-corrected chi connectivity index (χ2v) is 2.90. The van der Waals surface area contributed by atoms with E-state index < -0.39 is 9.92 Å². The van der Waals surface area contributed by atoms with E-state index in [-0.39, 0.29) is 5.56 Å². The van der Waals surface area contributed by atoms with Crippen LogP contribution in [0.2, 0.25) is 0 Å². The molecule has 0 saturated carbocycles. The lowest BCUT2D eigenvalue weighted by atomic mass is 10.1. The highest BCUT2D eigenvalue weighted by molar-refractivity contribution is 6.24. The molecule has 1 unspecified atom stereocenters. The molecule has 0 aliphatic rings. The van der Waals surface area contributed by atoms with E-state index in [0.29, 0.717) is 0 Å². The summed E-state index contributed by atoms with van der Waals surface area (Å²) in [4.78, 5) is 7.52. The number of halogens is 1. The molecule has 0 aromatic heterocycles. The van der Waals surface area contributed by atoms with Crippen molar-refractivity contribution < 1.29 is 4.92 Å². The first-order valence-corrected chi connectivity index (χ1v) is 3.79. The lowest BCUT2D eigenvalue weighted by Gasteiger charge is -2.09. The summed E-state index contributed by atoms with van der Waals surface area (Å²) in [5, 5.41) is 19.1. The molecule has 1 aromatic rings. The van der Waals surface area contributed by atoms with Crippen LogP contribution in [-0.4, -0.2) is 4.92 Å². The van der Waals surface area contributed by atoms with Crippen LogP contribution in [0.5, 0.6) is 0 Å². The molecule has 0 aliphatic carbocycles. The SMILES string of the molecule is N#CC(Cl)(c1ccccc1)[N+](=O)[O-]. The maximum atomic E-state index is 10.5. The van der Waals surface area contributed by atoms with Crippen molar-refractivity contribution in [1.29, 1.82) is 5.26 Å². The van der Waals surface area contributed by atoms with Gasteiger partial charge in [-0.15, -0.1) is 0 Å². The van der Waals surface area contributed by atoms with Gasteiger partial charge in [0.15, 0.2) is 6.07 Å².